The predicted octanol–water partition coefficient (Wildman–Crippen LogP) is 1.36. The molecule has 0 atom stereocenters. The number of carbonyl (C=O) groups is 3. The Morgan fingerprint density at radius 1 is 1.00 bits per heavy atom. The van der Waals surface area contributed by atoms with Crippen molar-refractivity contribution in [3.8, 4) is 11.5 Å². The van der Waals surface area contributed by atoms with Gasteiger partial charge in [0.1, 0.15) is 16.9 Å². The molecule has 148 valence electrons. The lowest BCUT2D eigenvalue weighted by Crippen LogP contribution is -2.55. The molecule has 0 radical (unpaired) electrons. The van der Waals surface area contributed by atoms with Crippen LogP contribution in [0.2, 0.25) is 0 Å². The number of piperazine rings is 1. The summed E-state index contributed by atoms with van der Waals surface area (Å²) in [6, 6.07) is 5.03. The van der Waals surface area contributed by atoms with E-state index in [0.717, 1.165) is 0 Å². The number of nitrogens with one attached hydrogen (secondary N) is 1. The first-order valence-electron chi connectivity index (χ1n) is 8.79. The quantitative estimate of drug-likeness (QED) is 0.783. The maximum atomic E-state index is 12.9. The molecule has 0 spiro atoms. The second-order valence-electron chi connectivity index (χ2n) is 6.94. The Balaban J connectivity index is 2.08. The van der Waals surface area contributed by atoms with Crippen LogP contribution in [0.1, 0.15) is 20.8 Å². The molecule has 2 rings (SSSR count). The van der Waals surface area contributed by atoms with Crippen LogP contribution < -0.4 is 14.8 Å². The minimum atomic E-state index is -1.26. The average Bonchev–Trinajstić information content (AvgIpc) is 2.67. The zero-order valence-corrected chi connectivity index (χ0v) is 16.5. The Kier molecular flexibility index (Phi) is 6.30. The Morgan fingerprint density at radius 3 is 2.11 bits per heavy atom. The number of hydrogen-bond acceptors (Lipinski definition) is 5. The van der Waals surface area contributed by atoms with E-state index in [0.29, 0.717) is 43.4 Å². The molecule has 1 aliphatic rings. The fraction of sp³-hybridized carbons (Fsp3) is 0.526. The molecule has 0 aliphatic carbocycles. The number of benzene rings is 1. The number of nitrogens with zero attached hydrogens (tertiary/aromatic N) is 2. The molecule has 8 nitrogen and oxygen atoms in total. The van der Waals surface area contributed by atoms with Crippen molar-refractivity contribution >= 4 is 23.4 Å². The van der Waals surface area contributed by atoms with Gasteiger partial charge < -0.3 is 24.6 Å². The van der Waals surface area contributed by atoms with Gasteiger partial charge in [0.2, 0.25) is 17.7 Å². The third-order valence-corrected chi connectivity index (χ3v) is 4.77. The summed E-state index contributed by atoms with van der Waals surface area (Å²) in [5.41, 5.74) is -0.797. The molecule has 8 heteroatoms. The number of amides is 3. The Bertz CT molecular complexity index is 724. The standard InChI is InChI=1S/C19H27N3O5/c1-13(23)21-8-10-22(11-9-21)18(25)19(2,3)17(24)20-15-7-6-14(26-4)12-16(15)27-5/h6-7,12H,8-11H2,1-5H3,(H,20,24). The van der Waals surface area contributed by atoms with Gasteiger partial charge in [0.05, 0.1) is 19.9 Å². The van der Waals surface area contributed by atoms with Crippen LogP contribution in [0.25, 0.3) is 0 Å². The molecule has 1 N–H and O–H groups in total. The van der Waals surface area contributed by atoms with E-state index in [2.05, 4.69) is 5.32 Å². The van der Waals surface area contributed by atoms with Crippen LogP contribution >= 0.6 is 0 Å². The smallest absolute Gasteiger partial charge is 0.239 e. The predicted molar refractivity (Wildman–Crippen MR) is 101 cm³/mol. The molecule has 1 aliphatic heterocycles. The van der Waals surface area contributed by atoms with E-state index >= 15 is 0 Å². The number of rotatable bonds is 5. The van der Waals surface area contributed by atoms with Crippen molar-refractivity contribution in [1.29, 1.82) is 0 Å². The van der Waals surface area contributed by atoms with Crippen LogP contribution in [0.5, 0.6) is 11.5 Å². The van der Waals surface area contributed by atoms with Crippen molar-refractivity contribution in [1.82, 2.24) is 9.80 Å². The topological polar surface area (TPSA) is 88.2 Å². The van der Waals surface area contributed by atoms with Gasteiger partial charge in [-0.3, -0.25) is 14.4 Å². The molecule has 1 fully saturated rings. The SMILES string of the molecule is COc1ccc(NC(=O)C(C)(C)C(=O)N2CCN(C(C)=O)CC2)c(OC)c1. The molecule has 27 heavy (non-hydrogen) atoms. The van der Waals surface area contributed by atoms with Crippen LogP contribution in [0.15, 0.2) is 18.2 Å². The average molecular weight is 377 g/mol. The number of ether oxygens (including phenoxy) is 2. The summed E-state index contributed by atoms with van der Waals surface area (Å²) in [7, 11) is 3.04. The fourth-order valence-electron chi connectivity index (χ4n) is 2.90. The summed E-state index contributed by atoms with van der Waals surface area (Å²) in [6.07, 6.45) is 0. The molecule has 0 unspecified atom stereocenters. The lowest BCUT2D eigenvalue weighted by molar-refractivity contribution is -0.149. The Hall–Kier alpha value is -2.77. The minimum Gasteiger partial charge on any atom is -0.497 e. The maximum Gasteiger partial charge on any atom is 0.239 e. The first-order valence-corrected chi connectivity index (χ1v) is 8.79. The van der Waals surface area contributed by atoms with Gasteiger partial charge in [0.25, 0.3) is 0 Å². The van der Waals surface area contributed by atoms with Crippen molar-refractivity contribution in [2.45, 2.75) is 20.8 Å². The highest BCUT2D eigenvalue weighted by atomic mass is 16.5. The fourth-order valence-corrected chi connectivity index (χ4v) is 2.90. The van der Waals surface area contributed by atoms with Crippen LogP contribution in [-0.2, 0) is 14.4 Å². The molecular formula is C19H27N3O5. The molecule has 1 aromatic rings. The lowest BCUT2D eigenvalue weighted by Gasteiger charge is -2.37. The van der Waals surface area contributed by atoms with Crippen molar-refractivity contribution in [3.63, 3.8) is 0 Å². The second kappa shape index (κ2) is 8.28. The van der Waals surface area contributed by atoms with E-state index in [1.54, 1.807) is 49.0 Å². The van der Waals surface area contributed by atoms with Crippen molar-refractivity contribution in [2.24, 2.45) is 5.41 Å². The maximum absolute atomic E-state index is 12.9. The van der Waals surface area contributed by atoms with Gasteiger partial charge in [-0.25, -0.2) is 0 Å². The Morgan fingerprint density at radius 2 is 1.59 bits per heavy atom. The number of methoxy groups -OCH3 is 2. The van der Waals surface area contributed by atoms with E-state index < -0.39 is 11.3 Å². The van der Waals surface area contributed by atoms with Gasteiger partial charge in [-0.2, -0.15) is 0 Å². The first-order chi connectivity index (χ1) is 12.7. The number of hydrogen-bond donors (Lipinski definition) is 1. The van der Waals surface area contributed by atoms with Crippen LogP contribution in [-0.4, -0.2) is 67.9 Å². The van der Waals surface area contributed by atoms with Gasteiger partial charge in [-0.15, -0.1) is 0 Å². The van der Waals surface area contributed by atoms with Gasteiger partial charge in [-0.05, 0) is 26.0 Å². The van der Waals surface area contributed by atoms with Crippen LogP contribution in [0, 0.1) is 5.41 Å². The summed E-state index contributed by atoms with van der Waals surface area (Å²) in [5.74, 6) is 0.343. The number of anilines is 1. The highest BCUT2D eigenvalue weighted by Crippen LogP contribution is 2.31. The van der Waals surface area contributed by atoms with E-state index in [1.165, 1.54) is 14.0 Å². The normalized spacial score (nSPS) is 14.6. The van der Waals surface area contributed by atoms with Gasteiger partial charge in [0, 0.05) is 39.2 Å². The largest absolute Gasteiger partial charge is 0.497 e. The molecule has 0 bridgehead atoms. The number of carbonyl (C=O) groups excluding carboxylic acids is 3. The molecule has 0 saturated carbocycles. The van der Waals surface area contributed by atoms with E-state index in [1.807, 2.05) is 0 Å². The summed E-state index contributed by atoms with van der Waals surface area (Å²) in [6.45, 7) is 6.49. The summed E-state index contributed by atoms with van der Waals surface area (Å²) < 4.78 is 10.4. The summed E-state index contributed by atoms with van der Waals surface area (Å²) in [5, 5.41) is 2.77. The minimum absolute atomic E-state index is 0.00861. The van der Waals surface area contributed by atoms with Crippen LogP contribution in [0.3, 0.4) is 0 Å². The third kappa shape index (κ3) is 4.50. The van der Waals surface area contributed by atoms with Crippen molar-refractivity contribution in [3.05, 3.63) is 18.2 Å². The zero-order chi connectivity index (χ0) is 20.2. The lowest BCUT2D eigenvalue weighted by atomic mass is 9.89. The van der Waals surface area contributed by atoms with E-state index in [4.69, 9.17) is 9.47 Å². The highest BCUT2D eigenvalue weighted by molar-refractivity contribution is 6.10. The van der Waals surface area contributed by atoms with Gasteiger partial charge >= 0.3 is 0 Å². The Labute approximate surface area is 159 Å². The molecule has 1 heterocycles. The van der Waals surface area contributed by atoms with Gasteiger partial charge in [0.15, 0.2) is 0 Å². The van der Waals surface area contributed by atoms with Crippen LogP contribution in [0.4, 0.5) is 5.69 Å². The zero-order valence-electron chi connectivity index (χ0n) is 16.5. The van der Waals surface area contributed by atoms with Gasteiger partial charge in [-0.1, -0.05) is 0 Å². The van der Waals surface area contributed by atoms with E-state index in [9.17, 15) is 14.4 Å². The molecule has 1 aromatic carbocycles. The summed E-state index contributed by atoms with van der Waals surface area (Å²) in [4.78, 5) is 40.4. The second-order valence-corrected chi connectivity index (χ2v) is 6.94. The third-order valence-electron chi connectivity index (χ3n) is 4.77. The molecular weight excluding hydrogens is 350 g/mol. The molecule has 1 saturated heterocycles. The highest BCUT2D eigenvalue weighted by Gasteiger charge is 2.40. The monoisotopic (exact) mass is 377 g/mol. The van der Waals surface area contributed by atoms with Crippen molar-refractivity contribution in [2.75, 3.05) is 45.7 Å². The molecule has 0 aromatic heterocycles. The first kappa shape index (κ1) is 20.5. The van der Waals surface area contributed by atoms with Crippen molar-refractivity contribution < 1.29 is 23.9 Å². The summed E-state index contributed by atoms with van der Waals surface area (Å²) >= 11 is 0. The van der Waals surface area contributed by atoms with E-state index in [-0.39, 0.29) is 11.8 Å². The molecule has 3 amide bonds.